The van der Waals surface area contributed by atoms with Gasteiger partial charge in [-0.3, -0.25) is 4.79 Å². The van der Waals surface area contributed by atoms with Crippen LogP contribution in [-0.2, 0) is 4.79 Å². The molecule has 1 aromatic rings. The fourth-order valence-corrected chi connectivity index (χ4v) is 1.01. The molecular weight excluding hydrogens is 181 g/mol. The highest BCUT2D eigenvalue weighted by Gasteiger charge is 2.04. The first-order valence-electron chi connectivity index (χ1n) is 4.39. The van der Waals surface area contributed by atoms with E-state index in [1.807, 2.05) is 0 Å². The van der Waals surface area contributed by atoms with E-state index in [-0.39, 0.29) is 11.6 Å². The van der Waals surface area contributed by atoms with Crippen molar-refractivity contribution in [3.05, 3.63) is 42.7 Å². The van der Waals surface area contributed by atoms with Crippen LogP contribution in [0.15, 0.2) is 36.9 Å². The van der Waals surface area contributed by atoms with Gasteiger partial charge in [0.2, 0.25) is 5.91 Å². The van der Waals surface area contributed by atoms with E-state index in [0.29, 0.717) is 12.8 Å². The lowest BCUT2D eigenvalue weighted by atomic mass is 10.2. The van der Waals surface area contributed by atoms with Crippen LogP contribution < -0.4 is 5.32 Å². The monoisotopic (exact) mass is 193 g/mol. The normalized spacial score (nSPS) is 9.50. The summed E-state index contributed by atoms with van der Waals surface area (Å²) >= 11 is 0. The maximum absolute atomic E-state index is 13.0. The largest absolute Gasteiger partial charge is 0.324 e. The molecule has 0 bridgehead atoms. The summed E-state index contributed by atoms with van der Waals surface area (Å²) in [6.07, 6.45) is 2.58. The third kappa shape index (κ3) is 3.01. The van der Waals surface area contributed by atoms with Crippen molar-refractivity contribution in [2.24, 2.45) is 0 Å². The molecule has 0 saturated carbocycles. The number of benzene rings is 1. The number of amides is 1. The van der Waals surface area contributed by atoms with Gasteiger partial charge in [0.15, 0.2) is 0 Å². The summed E-state index contributed by atoms with van der Waals surface area (Å²) in [5.74, 6) is -0.616. The fourth-order valence-electron chi connectivity index (χ4n) is 1.01. The quantitative estimate of drug-likeness (QED) is 0.732. The van der Waals surface area contributed by atoms with Gasteiger partial charge >= 0.3 is 0 Å². The molecule has 3 heteroatoms. The van der Waals surface area contributed by atoms with Crippen molar-refractivity contribution in [1.29, 1.82) is 0 Å². The molecule has 1 aromatic carbocycles. The molecule has 0 aliphatic carbocycles. The summed E-state index contributed by atoms with van der Waals surface area (Å²) in [5.41, 5.74) is 0.224. The summed E-state index contributed by atoms with van der Waals surface area (Å²) in [4.78, 5) is 11.2. The molecule has 2 nitrogen and oxygen atoms in total. The Labute approximate surface area is 82.4 Å². The highest BCUT2D eigenvalue weighted by atomic mass is 19.1. The predicted molar refractivity (Wildman–Crippen MR) is 54.5 cm³/mol. The molecule has 0 aliphatic rings. The number of halogens is 1. The first-order chi connectivity index (χ1) is 6.74. The smallest absolute Gasteiger partial charge is 0.224 e. The summed E-state index contributed by atoms with van der Waals surface area (Å²) in [7, 11) is 0. The highest BCUT2D eigenvalue weighted by Crippen LogP contribution is 2.12. The van der Waals surface area contributed by atoms with Gasteiger partial charge in [-0.1, -0.05) is 18.2 Å². The highest BCUT2D eigenvalue weighted by molar-refractivity contribution is 5.90. The van der Waals surface area contributed by atoms with Crippen molar-refractivity contribution in [3.63, 3.8) is 0 Å². The molecular formula is C11H12FNO. The van der Waals surface area contributed by atoms with Crippen LogP contribution in [0.5, 0.6) is 0 Å². The number of carbonyl (C=O) groups excluding carboxylic acids is 1. The van der Waals surface area contributed by atoms with E-state index < -0.39 is 5.82 Å². The van der Waals surface area contributed by atoms with Crippen LogP contribution in [0.2, 0.25) is 0 Å². The Morgan fingerprint density at radius 2 is 2.21 bits per heavy atom. The summed E-state index contributed by atoms with van der Waals surface area (Å²) in [6, 6.07) is 6.09. The van der Waals surface area contributed by atoms with Crippen molar-refractivity contribution in [2.75, 3.05) is 5.32 Å². The first-order valence-corrected chi connectivity index (χ1v) is 4.39. The van der Waals surface area contributed by atoms with E-state index >= 15 is 0 Å². The first kappa shape index (κ1) is 10.4. The van der Waals surface area contributed by atoms with Crippen LogP contribution >= 0.6 is 0 Å². The zero-order chi connectivity index (χ0) is 10.4. The number of hydrogen-bond donors (Lipinski definition) is 1. The summed E-state index contributed by atoms with van der Waals surface area (Å²) in [6.45, 7) is 3.50. The second-order valence-corrected chi connectivity index (χ2v) is 2.86. The Balaban J connectivity index is 2.56. The van der Waals surface area contributed by atoms with Gasteiger partial charge in [-0.25, -0.2) is 4.39 Å². The molecule has 1 rings (SSSR count). The van der Waals surface area contributed by atoms with Crippen molar-refractivity contribution in [1.82, 2.24) is 0 Å². The van der Waals surface area contributed by atoms with Gasteiger partial charge < -0.3 is 5.32 Å². The lowest BCUT2D eigenvalue weighted by Crippen LogP contribution is -2.11. The molecule has 0 fully saturated rings. The van der Waals surface area contributed by atoms with E-state index in [1.165, 1.54) is 12.1 Å². The van der Waals surface area contributed by atoms with E-state index in [0.717, 1.165) is 0 Å². The van der Waals surface area contributed by atoms with Gasteiger partial charge in [-0.2, -0.15) is 0 Å². The number of para-hydroxylation sites is 1. The number of hydrogen-bond acceptors (Lipinski definition) is 1. The fraction of sp³-hybridized carbons (Fsp3) is 0.182. The Hall–Kier alpha value is -1.64. The molecule has 0 saturated heterocycles. The summed E-state index contributed by atoms with van der Waals surface area (Å²) in [5, 5.41) is 2.48. The maximum atomic E-state index is 13.0. The van der Waals surface area contributed by atoms with Crippen molar-refractivity contribution < 1.29 is 9.18 Å². The third-order valence-corrected chi connectivity index (χ3v) is 1.72. The number of rotatable bonds is 4. The van der Waals surface area contributed by atoms with Gasteiger partial charge in [0.25, 0.3) is 0 Å². The molecule has 0 spiro atoms. The predicted octanol–water partition coefficient (Wildman–Crippen LogP) is 2.73. The van der Waals surface area contributed by atoms with Gasteiger partial charge in [0, 0.05) is 6.42 Å². The van der Waals surface area contributed by atoms with Crippen molar-refractivity contribution in [3.8, 4) is 0 Å². The molecule has 0 radical (unpaired) electrons. The minimum Gasteiger partial charge on any atom is -0.324 e. The summed E-state index contributed by atoms with van der Waals surface area (Å²) < 4.78 is 13.0. The average Bonchev–Trinajstić information content (AvgIpc) is 2.18. The minimum absolute atomic E-state index is 0.199. The Morgan fingerprint density at radius 1 is 1.50 bits per heavy atom. The number of allylic oxidation sites excluding steroid dienone is 1. The van der Waals surface area contributed by atoms with Gasteiger partial charge in [0.1, 0.15) is 5.82 Å². The standard InChI is InChI=1S/C11H12FNO/c1-2-3-8-11(14)13-10-7-5-4-6-9(10)12/h2,4-7H,1,3,8H2,(H,13,14). The minimum atomic E-state index is -0.417. The lowest BCUT2D eigenvalue weighted by Gasteiger charge is -2.04. The third-order valence-electron chi connectivity index (χ3n) is 1.72. The molecule has 1 amide bonds. The molecule has 0 aliphatic heterocycles. The second kappa shape index (κ2) is 5.17. The number of anilines is 1. The van der Waals surface area contributed by atoms with Crippen LogP contribution in [-0.4, -0.2) is 5.91 Å². The van der Waals surface area contributed by atoms with E-state index in [2.05, 4.69) is 11.9 Å². The Kier molecular flexibility index (Phi) is 3.85. The molecule has 0 atom stereocenters. The van der Waals surface area contributed by atoms with Crippen LogP contribution in [0, 0.1) is 5.82 Å². The SMILES string of the molecule is C=CCCC(=O)Nc1ccccc1F. The number of carbonyl (C=O) groups is 1. The zero-order valence-electron chi connectivity index (χ0n) is 7.79. The van der Waals surface area contributed by atoms with E-state index in [4.69, 9.17) is 0 Å². The Morgan fingerprint density at radius 3 is 2.86 bits per heavy atom. The lowest BCUT2D eigenvalue weighted by molar-refractivity contribution is -0.116. The van der Waals surface area contributed by atoms with Crippen molar-refractivity contribution in [2.45, 2.75) is 12.8 Å². The number of nitrogens with one attached hydrogen (secondary N) is 1. The van der Waals surface area contributed by atoms with Crippen LogP contribution in [0.4, 0.5) is 10.1 Å². The molecule has 1 N–H and O–H groups in total. The maximum Gasteiger partial charge on any atom is 0.224 e. The molecule has 0 aromatic heterocycles. The van der Waals surface area contributed by atoms with Gasteiger partial charge in [-0.15, -0.1) is 6.58 Å². The van der Waals surface area contributed by atoms with E-state index in [9.17, 15) is 9.18 Å². The second-order valence-electron chi connectivity index (χ2n) is 2.86. The van der Waals surface area contributed by atoms with Crippen molar-refractivity contribution >= 4 is 11.6 Å². The average molecular weight is 193 g/mol. The molecule has 0 heterocycles. The molecule has 0 unspecified atom stereocenters. The van der Waals surface area contributed by atoms with Crippen LogP contribution in [0.3, 0.4) is 0 Å². The van der Waals surface area contributed by atoms with Crippen LogP contribution in [0.25, 0.3) is 0 Å². The molecule has 74 valence electrons. The molecule has 14 heavy (non-hydrogen) atoms. The zero-order valence-corrected chi connectivity index (χ0v) is 7.79. The van der Waals surface area contributed by atoms with Crippen LogP contribution in [0.1, 0.15) is 12.8 Å². The Bertz CT molecular complexity index is 336. The van der Waals surface area contributed by atoms with E-state index in [1.54, 1.807) is 18.2 Å². The topological polar surface area (TPSA) is 29.1 Å². The van der Waals surface area contributed by atoms with Gasteiger partial charge in [-0.05, 0) is 18.6 Å². The van der Waals surface area contributed by atoms with Gasteiger partial charge in [0.05, 0.1) is 5.69 Å².